The molecule has 0 bridgehead atoms. The first kappa shape index (κ1) is 16.5. The normalized spacial score (nSPS) is 11.3. The maximum atomic E-state index is 12.2. The minimum atomic E-state index is -0.723. The number of amides is 1. The van der Waals surface area contributed by atoms with E-state index in [0.29, 0.717) is 12.0 Å². The van der Waals surface area contributed by atoms with Crippen LogP contribution in [-0.2, 0) is 9.53 Å². The van der Waals surface area contributed by atoms with Crippen molar-refractivity contribution in [2.24, 2.45) is 0 Å². The van der Waals surface area contributed by atoms with Crippen LogP contribution in [0, 0.1) is 0 Å². The Hall–Kier alpha value is -2.88. The zero-order chi connectivity index (χ0) is 16.7. The molecule has 4 nitrogen and oxygen atoms in total. The average Bonchev–Trinajstić information content (AvgIpc) is 2.61. The summed E-state index contributed by atoms with van der Waals surface area (Å²) in [7, 11) is 1.29. The SMILES string of the molecule is C=CC[C@@H](NC(=O)c1ccc(-c2ccccc2)cc1)C(=O)OC. The second-order valence-corrected chi connectivity index (χ2v) is 5.02. The van der Waals surface area contributed by atoms with Crippen LogP contribution in [0.15, 0.2) is 67.3 Å². The second kappa shape index (κ2) is 7.94. The predicted molar refractivity (Wildman–Crippen MR) is 90.0 cm³/mol. The van der Waals surface area contributed by atoms with Gasteiger partial charge in [-0.15, -0.1) is 6.58 Å². The van der Waals surface area contributed by atoms with Gasteiger partial charge in [0.15, 0.2) is 0 Å². The minimum absolute atomic E-state index is 0.318. The monoisotopic (exact) mass is 309 g/mol. The average molecular weight is 309 g/mol. The molecule has 4 heteroatoms. The van der Waals surface area contributed by atoms with Crippen LogP contribution in [0.2, 0.25) is 0 Å². The largest absolute Gasteiger partial charge is 0.467 e. The number of esters is 1. The maximum absolute atomic E-state index is 12.2. The summed E-state index contributed by atoms with van der Waals surface area (Å²) in [6.45, 7) is 3.58. The second-order valence-electron chi connectivity index (χ2n) is 5.02. The van der Waals surface area contributed by atoms with Gasteiger partial charge in [-0.3, -0.25) is 4.79 Å². The van der Waals surface area contributed by atoms with Crippen molar-refractivity contribution in [1.29, 1.82) is 0 Å². The van der Waals surface area contributed by atoms with Crippen LogP contribution in [0.5, 0.6) is 0 Å². The van der Waals surface area contributed by atoms with Crippen LogP contribution in [0.1, 0.15) is 16.8 Å². The summed E-state index contributed by atoms with van der Waals surface area (Å²) >= 11 is 0. The number of methoxy groups -OCH3 is 1. The Morgan fingerprint density at radius 3 is 2.26 bits per heavy atom. The summed E-state index contributed by atoms with van der Waals surface area (Å²) in [5.74, 6) is -0.805. The van der Waals surface area contributed by atoms with E-state index in [1.54, 1.807) is 18.2 Å². The number of carbonyl (C=O) groups excluding carboxylic acids is 2. The zero-order valence-electron chi connectivity index (χ0n) is 13.0. The van der Waals surface area contributed by atoms with Crippen molar-refractivity contribution in [3.8, 4) is 11.1 Å². The fraction of sp³-hybridized carbons (Fsp3) is 0.158. The van der Waals surface area contributed by atoms with Crippen LogP contribution < -0.4 is 5.32 Å². The standard InChI is InChI=1S/C19H19NO3/c1-3-7-17(19(22)23-2)20-18(21)16-12-10-15(11-13-16)14-8-5-4-6-9-14/h3-6,8-13,17H,1,7H2,2H3,(H,20,21)/t17-/m1/s1. The van der Waals surface area contributed by atoms with Crippen LogP contribution in [0.25, 0.3) is 11.1 Å². The molecule has 2 aromatic carbocycles. The van der Waals surface area contributed by atoms with Crippen LogP contribution in [0.3, 0.4) is 0 Å². The fourth-order valence-corrected chi connectivity index (χ4v) is 2.21. The van der Waals surface area contributed by atoms with Gasteiger partial charge in [-0.25, -0.2) is 4.79 Å². The van der Waals surface area contributed by atoms with Gasteiger partial charge in [0.25, 0.3) is 5.91 Å². The van der Waals surface area contributed by atoms with Gasteiger partial charge in [-0.2, -0.15) is 0 Å². The van der Waals surface area contributed by atoms with Crippen molar-refractivity contribution in [2.45, 2.75) is 12.5 Å². The van der Waals surface area contributed by atoms with E-state index in [1.807, 2.05) is 42.5 Å². The predicted octanol–water partition coefficient (Wildman–Crippen LogP) is 3.20. The van der Waals surface area contributed by atoms with Crippen molar-refractivity contribution in [1.82, 2.24) is 5.32 Å². The van der Waals surface area contributed by atoms with Gasteiger partial charge >= 0.3 is 5.97 Å². The molecule has 0 spiro atoms. The first-order chi connectivity index (χ1) is 11.2. The molecule has 1 amide bonds. The third-order valence-electron chi connectivity index (χ3n) is 3.45. The lowest BCUT2D eigenvalue weighted by Gasteiger charge is -2.14. The Morgan fingerprint density at radius 1 is 1.09 bits per heavy atom. The van der Waals surface area contributed by atoms with Gasteiger partial charge in [0.2, 0.25) is 0 Å². The lowest BCUT2D eigenvalue weighted by atomic mass is 10.0. The molecular weight excluding hydrogens is 290 g/mol. The number of rotatable bonds is 6. The van der Waals surface area contributed by atoms with E-state index in [-0.39, 0.29) is 5.91 Å². The Balaban J connectivity index is 2.10. The Kier molecular flexibility index (Phi) is 5.69. The van der Waals surface area contributed by atoms with Gasteiger partial charge in [0.05, 0.1) is 7.11 Å². The number of benzene rings is 2. The third kappa shape index (κ3) is 4.30. The highest BCUT2D eigenvalue weighted by Crippen LogP contribution is 2.19. The van der Waals surface area contributed by atoms with Gasteiger partial charge < -0.3 is 10.1 Å². The molecule has 0 radical (unpaired) electrons. The molecule has 0 unspecified atom stereocenters. The van der Waals surface area contributed by atoms with E-state index in [9.17, 15) is 9.59 Å². The van der Waals surface area contributed by atoms with Crippen LogP contribution in [0.4, 0.5) is 0 Å². The molecule has 1 N–H and O–H groups in total. The summed E-state index contributed by atoms with van der Waals surface area (Å²) in [4.78, 5) is 23.9. The van der Waals surface area contributed by atoms with E-state index in [2.05, 4.69) is 16.6 Å². The molecule has 0 fully saturated rings. The first-order valence-electron chi connectivity index (χ1n) is 7.30. The number of carbonyl (C=O) groups is 2. The molecule has 0 aliphatic heterocycles. The highest BCUT2D eigenvalue weighted by Gasteiger charge is 2.20. The van der Waals surface area contributed by atoms with E-state index in [1.165, 1.54) is 7.11 Å². The maximum Gasteiger partial charge on any atom is 0.328 e. The van der Waals surface area contributed by atoms with E-state index in [4.69, 9.17) is 0 Å². The zero-order valence-corrected chi connectivity index (χ0v) is 13.0. The van der Waals surface area contributed by atoms with Crippen molar-refractivity contribution >= 4 is 11.9 Å². The molecule has 2 rings (SSSR count). The summed E-state index contributed by atoms with van der Waals surface area (Å²) in [6.07, 6.45) is 1.89. The molecule has 1 atom stereocenters. The summed E-state index contributed by atoms with van der Waals surface area (Å²) in [5, 5.41) is 2.66. The van der Waals surface area contributed by atoms with Gasteiger partial charge in [0.1, 0.15) is 6.04 Å². The summed E-state index contributed by atoms with van der Waals surface area (Å²) < 4.78 is 4.68. The first-order valence-corrected chi connectivity index (χ1v) is 7.30. The quantitative estimate of drug-likeness (QED) is 0.658. The molecule has 0 aliphatic carbocycles. The van der Waals surface area contributed by atoms with Gasteiger partial charge in [-0.05, 0) is 29.7 Å². The van der Waals surface area contributed by atoms with E-state index < -0.39 is 12.0 Å². The Bertz CT molecular complexity index is 678. The summed E-state index contributed by atoms with van der Waals surface area (Å²) in [6, 6.07) is 16.4. The van der Waals surface area contributed by atoms with Crippen molar-refractivity contribution in [2.75, 3.05) is 7.11 Å². The Morgan fingerprint density at radius 2 is 1.70 bits per heavy atom. The van der Waals surface area contributed by atoms with E-state index in [0.717, 1.165) is 11.1 Å². The van der Waals surface area contributed by atoms with Gasteiger partial charge in [0, 0.05) is 5.56 Å². The molecule has 0 aliphatic rings. The topological polar surface area (TPSA) is 55.4 Å². The molecule has 2 aromatic rings. The molecule has 23 heavy (non-hydrogen) atoms. The number of ether oxygens (including phenoxy) is 1. The molecule has 118 valence electrons. The lowest BCUT2D eigenvalue weighted by molar-refractivity contribution is -0.142. The molecular formula is C19H19NO3. The van der Waals surface area contributed by atoms with Crippen molar-refractivity contribution in [3.63, 3.8) is 0 Å². The van der Waals surface area contributed by atoms with Crippen LogP contribution in [-0.4, -0.2) is 25.0 Å². The highest BCUT2D eigenvalue weighted by atomic mass is 16.5. The number of nitrogens with one attached hydrogen (secondary N) is 1. The van der Waals surface area contributed by atoms with Gasteiger partial charge in [-0.1, -0.05) is 48.5 Å². The fourth-order valence-electron chi connectivity index (χ4n) is 2.21. The highest BCUT2D eigenvalue weighted by molar-refractivity contribution is 5.97. The molecule has 0 saturated carbocycles. The smallest absolute Gasteiger partial charge is 0.328 e. The molecule has 0 heterocycles. The minimum Gasteiger partial charge on any atom is -0.467 e. The lowest BCUT2D eigenvalue weighted by Crippen LogP contribution is -2.41. The van der Waals surface area contributed by atoms with Crippen molar-refractivity contribution < 1.29 is 14.3 Å². The van der Waals surface area contributed by atoms with Crippen LogP contribution >= 0.6 is 0 Å². The number of hydrogen-bond acceptors (Lipinski definition) is 3. The van der Waals surface area contributed by atoms with Crippen molar-refractivity contribution in [3.05, 3.63) is 72.8 Å². The molecule has 0 saturated heterocycles. The Labute approximate surface area is 135 Å². The number of hydrogen-bond donors (Lipinski definition) is 1. The molecule has 0 aromatic heterocycles. The summed E-state index contributed by atoms with van der Waals surface area (Å²) in [5.41, 5.74) is 2.60. The van der Waals surface area contributed by atoms with E-state index >= 15 is 0 Å². The third-order valence-corrected chi connectivity index (χ3v) is 3.45.